The molecule has 2 aromatic heterocycles. The molecule has 0 amide bonds. The van der Waals surface area contributed by atoms with Crippen LogP contribution in [0.15, 0.2) is 17.3 Å². The Balaban J connectivity index is 2.45. The normalized spacial score (nSPS) is 10.1. The van der Waals surface area contributed by atoms with Gasteiger partial charge in [-0.25, -0.2) is 9.97 Å². The Bertz CT molecular complexity index is 768. The zero-order chi connectivity index (χ0) is 15.6. The largest absolute Gasteiger partial charge is 0.397 e. The predicted molar refractivity (Wildman–Crippen MR) is 75.0 cm³/mol. The summed E-state index contributed by atoms with van der Waals surface area (Å²) in [5, 5.41) is 11.4. The van der Waals surface area contributed by atoms with Gasteiger partial charge in [-0.05, 0) is 24.2 Å². The van der Waals surface area contributed by atoms with Crippen LogP contribution in [0.2, 0.25) is 0 Å². The summed E-state index contributed by atoms with van der Waals surface area (Å²) in [6, 6.07) is 4.54. The molecule has 7 nitrogen and oxygen atoms in total. The Kier molecular flexibility index (Phi) is 3.75. The summed E-state index contributed by atoms with van der Waals surface area (Å²) >= 11 is 0. The minimum atomic E-state index is -0.849. The number of nitrogens with zero attached hydrogens (tertiary/aromatic N) is 4. The lowest BCUT2D eigenvalue weighted by Crippen LogP contribution is -2.07. The zero-order valence-electron chi connectivity index (χ0n) is 11.1. The van der Waals surface area contributed by atoms with Gasteiger partial charge in [0.15, 0.2) is 0 Å². The Morgan fingerprint density at radius 2 is 2.05 bits per heavy atom. The number of nitroso groups, excluding NO2 is 1. The highest BCUT2D eigenvalue weighted by molar-refractivity contribution is 5.77. The molecule has 0 fully saturated rings. The van der Waals surface area contributed by atoms with Crippen LogP contribution in [-0.2, 0) is 6.42 Å². The summed E-state index contributed by atoms with van der Waals surface area (Å²) in [5.41, 5.74) is 12.9. The van der Waals surface area contributed by atoms with Crippen LogP contribution in [0.1, 0.15) is 22.5 Å². The van der Waals surface area contributed by atoms with Gasteiger partial charge in [0.2, 0.25) is 11.8 Å². The Morgan fingerprint density at radius 1 is 1.33 bits per heavy atom. The van der Waals surface area contributed by atoms with Gasteiger partial charge < -0.3 is 11.5 Å². The quantitative estimate of drug-likeness (QED) is 0.654. The molecule has 2 aromatic rings. The molecule has 8 heteroatoms. The molecule has 0 aliphatic rings. The summed E-state index contributed by atoms with van der Waals surface area (Å²) in [4.78, 5) is 18.2. The van der Waals surface area contributed by atoms with Crippen molar-refractivity contribution in [3.05, 3.63) is 45.5 Å². The Labute approximate surface area is 119 Å². The SMILES string of the molecule is Cc1nc(N=O)c(N)c(N)c1Cc1ccc(C#N)c(F)n1. The van der Waals surface area contributed by atoms with Crippen LogP contribution in [0.3, 0.4) is 0 Å². The van der Waals surface area contributed by atoms with Crippen molar-refractivity contribution in [1.29, 1.82) is 5.26 Å². The monoisotopic (exact) mass is 286 g/mol. The maximum Gasteiger partial charge on any atom is 0.231 e. The third-order valence-electron chi connectivity index (χ3n) is 3.04. The third kappa shape index (κ3) is 2.62. The summed E-state index contributed by atoms with van der Waals surface area (Å²) in [6.07, 6.45) is 0.177. The summed E-state index contributed by atoms with van der Waals surface area (Å²) in [5.74, 6) is -1.02. The number of nitriles is 1. The van der Waals surface area contributed by atoms with E-state index in [-0.39, 0.29) is 29.2 Å². The number of pyridine rings is 2. The molecule has 0 aliphatic heterocycles. The van der Waals surface area contributed by atoms with Gasteiger partial charge in [-0.3, -0.25) is 0 Å². The highest BCUT2D eigenvalue weighted by Gasteiger charge is 2.15. The number of aryl methyl sites for hydroxylation is 1. The number of rotatable bonds is 3. The highest BCUT2D eigenvalue weighted by Crippen LogP contribution is 2.31. The molecule has 0 saturated carbocycles. The first-order chi connectivity index (χ1) is 9.97. The van der Waals surface area contributed by atoms with Crippen molar-refractivity contribution in [3.8, 4) is 6.07 Å². The van der Waals surface area contributed by atoms with E-state index in [0.29, 0.717) is 17.0 Å². The summed E-state index contributed by atoms with van der Waals surface area (Å²) < 4.78 is 13.5. The molecule has 0 aliphatic carbocycles. The minimum absolute atomic E-state index is 0.0142. The van der Waals surface area contributed by atoms with E-state index in [4.69, 9.17) is 16.7 Å². The fourth-order valence-corrected chi connectivity index (χ4v) is 1.89. The maximum atomic E-state index is 13.5. The highest BCUT2D eigenvalue weighted by atomic mass is 19.1. The number of aromatic nitrogens is 2. The fourth-order valence-electron chi connectivity index (χ4n) is 1.89. The average molecular weight is 286 g/mol. The van der Waals surface area contributed by atoms with E-state index >= 15 is 0 Å². The average Bonchev–Trinajstić information content (AvgIpc) is 2.47. The van der Waals surface area contributed by atoms with Crippen molar-refractivity contribution >= 4 is 17.2 Å². The Hall–Kier alpha value is -3.08. The van der Waals surface area contributed by atoms with Gasteiger partial charge in [0.05, 0.1) is 5.69 Å². The van der Waals surface area contributed by atoms with Crippen molar-refractivity contribution in [1.82, 2.24) is 9.97 Å². The molecule has 0 radical (unpaired) electrons. The van der Waals surface area contributed by atoms with Gasteiger partial charge in [0, 0.05) is 23.4 Å². The van der Waals surface area contributed by atoms with E-state index in [0.717, 1.165) is 0 Å². The van der Waals surface area contributed by atoms with E-state index in [1.807, 2.05) is 0 Å². The molecule has 0 spiro atoms. The van der Waals surface area contributed by atoms with Crippen LogP contribution in [0, 0.1) is 29.1 Å². The van der Waals surface area contributed by atoms with Crippen molar-refractivity contribution in [3.63, 3.8) is 0 Å². The second-order valence-corrected chi connectivity index (χ2v) is 4.35. The molecule has 2 heterocycles. The smallest absolute Gasteiger partial charge is 0.231 e. The molecule has 0 bridgehead atoms. The standard InChI is InChI=1S/C13H11FN6O/c1-6-9(10(16)11(17)13(18-6)20-21)4-8-3-2-7(5-15)12(14)19-8/h2-3H,4,17H2,1H3,(H2,16,18). The summed E-state index contributed by atoms with van der Waals surface area (Å²) in [6.45, 7) is 1.64. The molecular formula is C13H11FN6O. The van der Waals surface area contributed by atoms with Crippen LogP contribution < -0.4 is 11.5 Å². The van der Waals surface area contributed by atoms with Crippen molar-refractivity contribution in [2.24, 2.45) is 5.18 Å². The maximum absolute atomic E-state index is 13.5. The molecule has 21 heavy (non-hydrogen) atoms. The van der Waals surface area contributed by atoms with E-state index in [1.165, 1.54) is 12.1 Å². The molecule has 0 atom stereocenters. The third-order valence-corrected chi connectivity index (χ3v) is 3.04. The van der Waals surface area contributed by atoms with Gasteiger partial charge in [0.25, 0.3) is 0 Å². The molecule has 0 saturated heterocycles. The lowest BCUT2D eigenvalue weighted by atomic mass is 10.0. The number of halogens is 1. The van der Waals surface area contributed by atoms with Crippen molar-refractivity contribution in [2.75, 3.05) is 11.5 Å². The first kappa shape index (κ1) is 14.3. The van der Waals surface area contributed by atoms with Gasteiger partial charge in [-0.1, -0.05) is 0 Å². The van der Waals surface area contributed by atoms with Crippen LogP contribution in [0.4, 0.5) is 21.6 Å². The van der Waals surface area contributed by atoms with Crippen molar-refractivity contribution in [2.45, 2.75) is 13.3 Å². The number of nitrogens with two attached hydrogens (primary N) is 2. The second kappa shape index (κ2) is 5.50. The predicted octanol–water partition coefficient (Wildman–Crippen LogP) is 1.95. The molecule has 0 aromatic carbocycles. The van der Waals surface area contributed by atoms with Gasteiger partial charge in [-0.2, -0.15) is 9.65 Å². The van der Waals surface area contributed by atoms with E-state index in [9.17, 15) is 9.30 Å². The lowest BCUT2D eigenvalue weighted by Gasteiger charge is -2.12. The molecule has 4 N–H and O–H groups in total. The van der Waals surface area contributed by atoms with Crippen LogP contribution in [0.5, 0.6) is 0 Å². The molecular weight excluding hydrogens is 275 g/mol. The van der Waals surface area contributed by atoms with E-state index in [2.05, 4.69) is 15.1 Å². The number of hydrogen-bond acceptors (Lipinski definition) is 7. The summed E-state index contributed by atoms with van der Waals surface area (Å²) in [7, 11) is 0. The number of nitrogen functional groups attached to an aromatic ring is 2. The fraction of sp³-hybridized carbons (Fsp3) is 0.154. The molecule has 0 unspecified atom stereocenters. The van der Waals surface area contributed by atoms with Gasteiger partial charge in [0.1, 0.15) is 17.3 Å². The minimum Gasteiger partial charge on any atom is -0.397 e. The first-order valence-electron chi connectivity index (χ1n) is 5.91. The van der Waals surface area contributed by atoms with Gasteiger partial charge >= 0.3 is 0 Å². The van der Waals surface area contributed by atoms with E-state index < -0.39 is 5.95 Å². The lowest BCUT2D eigenvalue weighted by molar-refractivity contribution is 0.574. The molecule has 106 valence electrons. The van der Waals surface area contributed by atoms with Crippen LogP contribution in [0.25, 0.3) is 0 Å². The van der Waals surface area contributed by atoms with E-state index in [1.54, 1.807) is 13.0 Å². The van der Waals surface area contributed by atoms with Gasteiger partial charge in [-0.15, -0.1) is 4.91 Å². The van der Waals surface area contributed by atoms with Crippen LogP contribution in [-0.4, -0.2) is 9.97 Å². The topological polar surface area (TPSA) is 131 Å². The zero-order valence-corrected chi connectivity index (χ0v) is 11.1. The number of anilines is 2. The van der Waals surface area contributed by atoms with Crippen molar-refractivity contribution < 1.29 is 4.39 Å². The molecule has 2 rings (SSSR count). The first-order valence-corrected chi connectivity index (χ1v) is 5.91. The second-order valence-electron chi connectivity index (χ2n) is 4.35. The van der Waals surface area contributed by atoms with Crippen LogP contribution >= 0.6 is 0 Å². The Morgan fingerprint density at radius 3 is 2.62 bits per heavy atom. The number of hydrogen-bond donors (Lipinski definition) is 2.